The molecule has 0 amide bonds. The molecule has 126 valence electrons. The number of nitrogens with zero attached hydrogens (tertiary/aromatic N) is 1. The van der Waals surface area contributed by atoms with E-state index in [4.69, 9.17) is 14.7 Å². The molecule has 2 aromatic carbocycles. The van der Waals surface area contributed by atoms with Crippen LogP contribution in [0.2, 0.25) is 0 Å². The van der Waals surface area contributed by atoms with Gasteiger partial charge in [0, 0.05) is 6.07 Å². The van der Waals surface area contributed by atoms with E-state index < -0.39 is 6.36 Å². The molecule has 0 N–H and O–H groups in total. The van der Waals surface area contributed by atoms with Crippen LogP contribution in [0.4, 0.5) is 13.2 Å². The van der Waals surface area contributed by atoms with E-state index in [9.17, 15) is 13.2 Å². The number of benzene rings is 2. The van der Waals surface area contributed by atoms with Gasteiger partial charge in [0.2, 0.25) is 0 Å². The third kappa shape index (κ3) is 5.09. The van der Waals surface area contributed by atoms with Crippen LogP contribution in [0.25, 0.3) is 0 Å². The maximum atomic E-state index is 12.1. The van der Waals surface area contributed by atoms with Gasteiger partial charge in [0.15, 0.2) is 11.5 Å². The molecule has 0 unspecified atom stereocenters. The second-order valence-electron chi connectivity index (χ2n) is 4.69. The lowest BCUT2D eigenvalue weighted by Crippen LogP contribution is -2.17. The van der Waals surface area contributed by atoms with Crippen molar-refractivity contribution in [1.29, 1.82) is 5.26 Å². The van der Waals surface area contributed by atoms with Crippen molar-refractivity contribution >= 4 is 0 Å². The fourth-order valence-electron chi connectivity index (χ4n) is 1.91. The third-order valence-corrected chi connectivity index (χ3v) is 2.92. The predicted octanol–water partition coefficient (Wildman–Crippen LogP) is 4.43. The SMILES string of the molecule is CCOc1cc(C#N)ccc1OCc1ccc(OC(F)(F)F)cc1. The van der Waals surface area contributed by atoms with Gasteiger partial charge in [-0.2, -0.15) is 5.26 Å². The molecule has 0 heterocycles. The van der Waals surface area contributed by atoms with E-state index in [0.29, 0.717) is 29.2 Å². The monoisotopic (exact) mass is 337 g/mol. The highest BCUT2D eigenvalue weighted by Gasteiger charge is 2.30. The van der Waals surface area contributed by atoms with Crippen LogP contribution < -0.4 is 14.2 Å². The van der Waals surface area contributed by atoms with Crippen LogP contribution in [0.5, 0.6) is 17.2 Å². The maximum Gasteiger partial charge on any atom is 0.573 e. The molecule has 0 bridgehead atoms. The highest BCUT2D eigenvalue weighted by molar-refractivity contribution is 5.46. The zero-order chi connectivity index (χ0) is 17.6. The van der Waals surface area contributed by atoms with Crippen LogP contribution in [0.3, 0.4) is 0 Å². The number of halogens is 3. The van der Waals surface area contributed by atoms with Crippen molar-refractivity contribution in [3.63, 3.8) is 0 Å². The zero-order valence-corrected chi connectivity index (χ0v) is 12.8. The first kappa shape index (κ1) is 17.5. The van der Waals surface area contributed by atoms with Crippen molar-refractivity contribution < 1.29 is 27.4 Å². The molecule has 7 heteroatoms. The van der Waals surface area contributed by atoms with Crippen LogP contribution in [0, 0.1) is 11.3 Å². The second kappa shape index (κ2) is 7.59. The quantitative estimate of drug-likeness (QED) is 0.782. The largest absolute Gasteiger partial charge is 0.573 e. The summed E-state index contributed by atoms with van der Waals surface area (Å²) in [6.07, 6.45) is -4.72. The molecule has 0 aromatic heterocycles. The third-order valence-electron chi connectivity index (χ3n) is 2.92. The Hall–Kier alpha value is -2.88. The minimum absolute atomic E-state index is 0.137. The van der Waals surface area contributed by atoms with Gasteiger partial charge in [-0.1, -0.05) is 12.1 Å². The van der Waals surface area contributed by atoms with Gasteiger partial charge in [-0.15, -0.1) is 13.2 Å². The number of alkyl halides is 3. The minimum atomic E-state index is -4.72. The number of hydrogen-bond acceptors (Lipinski definition) is 4. The van der Waals surface area contributed by atoms with Crippen molar-refractivity contribution in [3.8, 4) is 23.3 Å². The fourth-order valence-corrected chi connectivity index (χ4v) is 1.91. The number of hydrogen-bond donors (Lipinski definition) is 0. The molecule has 0 aliphatic carbocycles. The zero-order valence-electron chi connectivity index (χ0n) is 12.8. The van der Waals surface area contributed by atoms with Gasteiger partial charge < -0.3 is 14.2 Å². The van der Waals surface area contributed by atoms with E-state index >= 15 is 0 Å². The van der Waals surface area contributed by atoms with Gasteiger partial charge in [0.1, 0.15) is 12.4 Å². The van der Waals surface area contributed by atoms with Gasteiger partial charge in [0.25, 0.3) is 0 Å². The Balaban J connectivity index is 2.04. The molecule has 0 saturated heterocycles. The van der Waals surface area contributed by atoms with Crippen LogP contribution in [0.1, 0.15) is 18.1 Å². The molecule has 2 aromatic rings. The van der Waals surface area contributed by atoms with Gasteiger partial charge in [-0.05, 0) is 36.8 Å². The summed E-state index contributed by atoms with van der Waals surface area (Å²) >= 11 is 0. The smallest absolute Gasteiger partial charge is 0.490 e. The normalized spacial score (nSPS) is 10.8. The highest BCUT2D eigenvalue weighted by Crippen LogP contribution is 2.29. The standard InChI is InChI=1S/C17H14F3NO3/c1-2-22-16-9-13(10-21)5-8-15(16)23-11-12-3-6-14(7-4-12)24-17(18,19)20/h3-9H,2,11H2,1H3. The number of rotatable bonds is 6. The van der Waals surface area contributed by atoms with Crippen LogP contribution in [-0.2, 0) is 6.61 Å². The van der Waals surface area contributed by atoms with E-state index in [1.807, 2.05) is 13.0 Å². The van der Waals surface area contributed by atoms with E-state index in [2.05, 4.69) is 4.74 Å². The summed E-state index contributed by atoms with van der Waals surface area (Å²) < 4.78 is 51.2. The predicted molar refractivity (Wildman–Crippen MR) is 79.8 cm³/mol. The summed E-state index contributed by atoms with van der Waals surface area (Å²) in [7, 11) is 0. The maximum absolute atomic E-state index is 12.1. The lowest BCUT2D eigenvalue weighted by molar-refractivity contribution is -0.274. The molecule has 0 atom stereocenters. The van der Waals surface area contributed by atoms with E-state index in [1.165, 1.54) is 24.3 Å². The molecule has 0 fully saturated rings. The Morgan fingerprint density at radius 2 is 1.71 bits per heavy atom. The first-order valence-corrected chi connectivity index (χ1v) is 7.05. The van der Waals surface area contributed by atoms with E-state index in [1.54, 1.807) is 18.2 Å². The molecular formula is C17H14F3NO3. The topological polar surface area (TPSA) is 51.5 Å². The van der Waals surface area contributed by atoms with Gasteiger partial charge in [-0.25, -0.2) is 0 Å². The van der Waals surface area contributed by atoms with Crippen molar-refractivity contribution in [2.24, 2.45) is 0 Å². The molecule has 0 aliphatic rings. The summed E-state index contributed by atoms with van der Waals surface area (Å²) in [5, 5.41) is 8.90. The van der Waals surface area contributed by atoms with Crippen LogP contribution in [-0.4, -0.2) is 13.0 Å². The molecule has 24 heavy (non-hydrogen) atoms. The highest BCUT2D eigenvalue weighted by atomic mass is 19.4. The number of nitriles is 1. The van der Waals surface area contributed by atoms with E-state index in [-0.39, 0.29) is 12.4 Å². The van der Waals surface area contributed by atoms with Crippen molar-refractivity contribution in [2.75, 3.05) is 6.61 Å². The fraction of sp³-hybridized carbons (Fsp3) is 0.235. The van der Waals surface area contributed by atoms with Crippen molar-refractivity contribution in [3.05, 3.63) is 53.6 Å². The minimum Gasteiger partial charge on any atom is -0.490 e. The van der Waals surface area contributed by atoms with Crippen LogP contribution >= 0.6 is 0 Å². The summed E-state index contributed by atoms with van der Waals surface area (Å²) in [5.41, 5.74) is 1.11. The average molecular weight is 337 g/mol. The Morgan fingerprint density at radius 3 is 2.29 bits per heavy atom. The molecule has 2 rings (SSSR count). The van der Waals surface area contributed by atoms with Crippen molar-refractivity contribution in [1.82, 2.24) is 0 Å². The first-order valence-electron chi connectivity index (χ1n) is 7.05. The number of ether oxygens (including phenoxy) is 3. The summed E-state index contributed by atoms with van der Waals surface area (Å²) in [5.74, 6) is 0.597. The van der Waals surface area contributed by atoms with Gasteiger partial charge in [-0.3, -0.25) is 0 Å². The lowest BCUT2D eigenvalue weighted by Gasteiger charge is -2.13. The first-order chi connectivity index (χ1) is 11.4. The van der Waals surface area contributed by atoms with Crippen LogP contribution in [0.15, 0.2) is 42.5 Å². The Bertz CT molecular complexity index is 721. The molecule has 4 nitrogen and oxygen atoms in total. The van der Waals surface area contributed by atoms with Crippen molar-refractivity contribution in [2.45, 2.75) is 19.9 Å². The summed E-state index contributed by atoms with van der Waals surface area (Å²) in [4.78, 5) is 0. The Kier molecular flexibility index (Phi) is 5.53. The summed E-state index contributed by atoms with van der Waals surface area (Å²) in [6, 6.07) is 12.2. The van der Waals surface area contributed by atoms with Gasteiger partial charge >= 0.3 is 6.36 Å². The molecule has 0 saturated carbocycles. The van der Waals surface area contributed by atoms with E-state index in [0.717, 1.165) is 0 Å². The Morgan fingerprint density at radius 1 is 1.00 bits per heavy atom. The lowest BCUT2D eigenvalue weighted by atomic mass is 10.2. The molecule has 0 aliphatic heterocycles. The second-order valence-corrected chi connectivity index (χ2v) is 4.69. The average Bonchev–Trinajstić information content (AvgIpc) is 2.54. The molecule has 0 radical (unpaired) electrons. The molecular weight excluding hydrogens is 323 g/mol. The Labute approximate surface area is 137 Å². The summed E-state index contributed by atoms with van der Waals surface area (Å²) in [6.45, 7) is 2.36. The molecule has 0 spiro atoms. The van der Waals surface area contributed by atoms with Gasteiger partial charge in [0.05, 0.1) is 18.2 Å².